The highest BCUT2D eigenvalue weighted by atomic mass is 16.5. The third-order valence-corrected chi connectivity index (χ3v) is 2.36. The Morgan fingerprint density at radius 1 is 1.35 bits per heavy atom. The van der Waals surface area contributed by atoms with Crippen molar-refractivity contribution in [1.29, 1.82) is 5.26 Å². The monoisotopic (exact) mass is 234 g/mol. The van der Waals surface area contributed by atoms with E-state index >= 15 is 0 Å². The predicted octanol–water partition coefficient (Wildman–Crippen LogP) is 2.09. The molecule has 4 nitrogen and oxygen atoms in total. The van der Waals surface area contributed by atoms with Gasteiger partial charge in [-0.3, -0.25) is 0 Å². The number of hydrogen-bond acceptors (Lipinski definition) is 4. The molecule has 0 fully saturated rings. The zero-order valence-corrected chi connectivity index (χ0v) is 10.4. The van der Waals surface area contributed by atoms with E-state index in [2.05, 4.69) is 6.07 Å². The summed E-state index contributed by atoms with van der Waals surface area (Å²) in [5, 5.41) is 8.83. The van der Waals surface area contributed by atoms with Gasteiger partial charge in [0.2, 0.25) is 0 Å². The fourth-order valence-corrected chi connectivity index (χ4v) is 1.57. The normalized spacial score (nSPS) is 15.5. The van der Waals surface area contributed by atoms with Gasteiger partial charge in [0.25, 0.3) is 0 Å². The molecule has 0 radical (unpaired) electrons. The molecule has 0 amide bonds. The van der Waals surface area contributed by atoms with E-state index < -0.39 is 5.54 Å². The van der Waals surface area contributed by atoms with Crippen LogP contribution in [0.2, 0.25) is 0 Å². The molecule has 0 aliphatic heterocycles. The molecule has 0 saturated heterocycles. The molecule has 0 aromatic heterocycles. The zero-order valence-electron chi connectivity index (χ0n) is 10.4. The molecule has 1 rings (SSSR count). The smallest absolute Gasteiger partial charge is 0.119 e. The Balaban J connectivity index is 2.56. The Kier molecular flexibility index (Phi) is 4.36. The van der Waals surface area contributed by atoms with Crippen LogP contribution in [0.1, 0.15) is 20.3 Å². The number of ether oxygens (including phenoxy) is 2. The standard InChI is InChI=1S/C13H18N2O2/c1-10(8-13(2,15)9-14)17-12-6-4-11(16-3)5-7-12/h4-7,10H,8,15H2,1-3H3. The number of rotatable bonds is 5. The van der Waals surface area contributed by atoms with Gasteiger partial charge in [-0.1, -0.05) is 0 Å². The van der Waals surface area contributed by atoms with Crippen LogP contribution in [0.4, 0.5) is 0 Å². The van der Waals surface area contributed by atoms with Gasteiger partial charge in [-0.25, -0.2) is 0 Å². The Labute approximate surface area is 102 Å². The first kappa shape index (κ1) is 13.3. The maximum atomic E-state index is 8.83. The van der Waals surface area contributed by atoms with E-state index in [0.29, 0.717) is 6.42 Å². The summed E-state index contributed by atoms with van der Waals surface area (Å²) in [5.74, 6) is 1.53. The maximum Gasteiger partial charge on any atom is 0.119 e. The van der Waals surface area contributed by atoms with Gasteiger partial charge in [0.15, 0.2) is 0 Å². The maximum absolute atomic E-state index is 8.83. The van der Waals surface area contributed by atoms with Crippen LogP contribution >= 0.6 is 0 Å². The topological polar surface area (TPSA) is 68.3 Å². The van der Waals surface area contributed by atoms with Crippen molar-refractivity contribution < 1.29 is 9.47 Å². The van der Waals surface area contributed by atoms with Crippen LogP contribution in [0, 0.1) is 11.3 Å². The van der Waals surface area contributed by atoms with E-state index in [4.69, 9.17) is 20.5 Å². The third kappa shape index (κ3) is 4.33. The van der Waals surface area contributed by atoms with Gasteiger partial charge in [-0.15, -0.1) is 0 Å². The molecule has 4 heteroatoms. The molecule has 0 aliphatic rings. The molecule has 1 aromatic rings. The second-order valence-electron chi connectivity index (χ2n) is 4.34. The fourth-order valence-electron chi connectivity index (χ4n) is 1.57. The molecular weight excluding hydrogens is 216 g/mol. The molecule has 2 unspecified atom stereocenters. The zero-order chi connectivity index (χ0) is 12.9. The van der Waals surface area contributed by atoms with Gasteiger partial charge in [0.05, 0.1) is 19.3 Å². The lowest BCUT2D eigenvalue weighted by atomic mass is 9.98. The van der Waals surface area contributed by atoms with Crippen molar-refractivity contribution in [2.45, 2.75) is 31.9 Å². The Morgan fingerprint density at radius 2 is 1.88 bits per heavy atom. The van der Waals surface area contributed by atoms with E-state index in [0.717, 1.165) is 11.5 Å². The first-order valence-corrected chi connectivity index (χ1v) is 5.47. The average Bonchev–Trinajstić information content (AvgIpc) is 2.29. The summed E-state index contributed by atoms with van der Waals surface area (Å²) in [5.41, 5.74) is 4.90. The van der Waals surface area contributed by atoms with Gasteiger partial charge in [0, 0.05) is 6.42 Å². The van der Waals surface area contributed by atoms with Gasteiger partial charge in [-0.2, -0.15) is 5.26 Å². The second-order valence-corrected chi connectivity index (χ2v) is 4.34. The lowest BCUT2D eigenvalue weighted by Crippen LogP contribution is -2.38. The Hall–Kier alpha value is -1.73. The van der Waals surface area contributed by atoms with Gasteiger partial charge in [0.1, 0.15) is 17.0 Å². The van der Waals surface area contributed by atoms with Crippen LogP contribution in [0.3, 0.4) is 0 Å². The lowest BCUT2D eigenvalue weighted by molar-refractivity contribution is 0.191. The summed E-state index contributed by atoms with van der Waals surface area (Å²) in [6.07, 6.45) is 0.369. The molecule has 0 aliphatic carbocycles. The van der Waals surface area contributed by atoms with Crippen LogP contribution in [0.5, 0.6) is 11.5 Å². The minimum atomic E-state index is -0.855. The van der Waals surface area contributed by atoms with Crippen molar-refractivity contribution in [3.05, 3.63) is 24.3 Å². The van der Waals surface area contributed by atoms with Crippen molar-refractivity contribution in [2.75, 3.05) is 7.11 Å². The molecule has 2 atom stereocenters. The minimum Gasteiger partial charge on any atom is -0.497 e. The highest BCUT2D eigenvalue weighted by molar-refractivity contribution is 5.31. The molecule has 0 saturated carbocycles. The molecule has 1 aromatic carbocycles. The minimum absolute atomic E-state index is 0.113. The van der Waals surface area contributed by atoms with Crippen molar-refractivity contribution in [3.63, 3.8) is 0 Å². The highest BCUT2D eigenvalue weighted by Crippen LogP contribution is 2.20. The van der Waals surface area contributed by atoms with Gasteiger partial charge in [-0.05, 0) is 38.1 Å². The van der Waals surface area contributed by atoms with Crippen molar-refractivity contribution in [1.82, 2.24) is 0 Å². The summed E-state index contributed by atoms with van der Waals surface area (Å²) < 4.78 is 10.7. The van der Waals surface area contributed by atoms with E-state index in [1.54, 1.807) is 14.0 Å². The van der Waals surface area contributed by atoms with E-state index in [1.165, 1.54) is 0 Å². The number of hydrogen-bond donors (Lipinski definition) is 1. The van der Waals surface area contributed by atoms with Crippen molar-refractivity contribution in [2.24, 2.45) is 5.73 Å². The Bertz CT molecular complexity index is 393. The van der Waals surface area contributed by atoms with Gasteiger partial charge < -0.3 is 15.2 Å². The molecule has 2 N–H and O–H groups in total. The first-order valence-electron chi connectivity index (χ1n) is 5.47. The number of nitrogens with zero attached hydrogens (tertiary/aromatic N) is 1. The molecule has 92 valence electrons. The van der Waals surface area contributed by atoms with Crippen LogP contribution < -0.4 is 15.2 Å². The highest BCUT2D eigenvalue weighted by Gasteiger charge is 2.21. The van der Waals surface area contributed by atoms with Crippen LogP contribution in [0.25, 0.3) is 0 Å². The summed E-state index contributed by atoms with van der Waals surface area (Å²) in [7, 11) is 1.62. The van der Waals surface area contributed by atoms with Crippen molar-refractivity contribution in [3.8, 4) is 17.6 Å². The Morgan fingerprint density at radius 3 is 2.35 bits per heavy atom. The first-order chi connectivity index (χ1) is 7.96. The van der Waals surface area contributed by atoms with E-state index in [9.17, 15) is 0 Å². The number of methoxy groups -OCH3 is 1. The molecule has 0 heterocycles. The lowest BCUT2D eigenvalue weighted by Gasteiger charge is -2.21. The molecule has 0 bridgehead atoms. The number of nitrogens with two attached hydrogens (primary N) is 1. The summed E-state index contributed by atoms with van der Waals surface area (Å²) in [6.45, 7) is 3.59. The fraction of sp³-hybridized carbons (Fsp3) is 0.462. The van der Waals surface area contributed by atoms with Crippen LogP contribution in [-0.4, -0.2) is 18.8 Å². The summed E-state index contributed by atoms with van der Waals surface area (Å²) in [4.78, 5) is 0. The van der Waals surface area contributed by atoms with Crippen LogP contribution in [-0.2, 0) is 0 Å². The summed E-state index contributed by atoms with van der Waals surface area (Å²) in [6, 6.07) is 9.37. The largest absolute Gasteiger partial charge is 0.497 e. The van der Waals surface area contributed by atoms with E-state index in [-0.39, 0.29) is 6.10 Å². The van der Waals surface area contributed by atoms with Crippen molar-refractivity contribution >= 4 is 0 Å². The number of benzene rings is 1. The van der Waals surface area contributed by atoms with E-state index in [1.807, 2.05) is 31.2 Å². The summed E-state index contributed by atoms with van der Waals surface area (Å²) >= 11 is 0. The average molecular weight is 234 g/mol. The SMILES string of the molecule is COc1ccc(OC(C)CC(C)(N)C#N)cc1. The predicted molar refractivity (Wildman–Crippen MR) is 65.9 cm³/mol. The third-order valence-electron chi connectivity index (χ3n) is 2.36. The quantitative estimate of drug-likeness (QED) is 0.847. The molecule has 0 spiro atoms. The number of nitriles is 1. The molecule has 17 heavy (non-hydrogen) atoms. The molecular formula is C13H18N2O2. The van der Waals surface area contributed by atoms with Crippen LogP contribution in [0.15, 0.2) is 24.3 Å². The van der Waals surface area contributed by atoms with Gasteiger partial charge >= 0.3 is 0 Å². The second kappa shape index (κ2) is 5.55.